The Kier molecular flexibility index (Phi) is 4.12. The highest BCUT2D eigenvalue weighted by molar-refractivity contribution is 9.10. The molecular weight excluding hydrogens is 362 g/mol. The van der Waals surface area contributed by atoms with Gasteiger partial charge in [-0.25, -0.2) is 4.98 Å². The minimum atomic E-state index is -0.362. The molecule has 2 heterocycles. The van der Waals surface area contributed by atoms with Gasteiger partial charge < -0.3 is 14.3 Å². The second kappa shape index (κ2) is 6.21. The van der Waals surface area contributed by atoms with Crippen molar-refractivity contribution in [2.24, 2.45) is 7.05 Å². The molecule has 6 nitrogen and oxygen atoms in total. The first-order valence-electron chi connectivity index (χ1n) is 6.73. The molecule has 0 saturated heterocycles. The molecule has 0 fully saturated rings. The molecule has 116 valence electrons. The highest BCUT2D eigenvalue weighted by atomic mass is 79.9. The van der Waals surface area contributed by atoms with E-state index in [-0.39, 0.29) is 17.5 Å². The van der Waals surface area contributed by atoms with Crippen LogP contribution in [0, 0.1) is 0 Å². The number of halogens is 1. The lowest BCUT2D eigenvalue weighted by Crippen LogP contribution is -2.12. The monoisotopic (exact) mass is 373 g/mol. The molecule has 23 heavy (non-hydrogen) atoms. The van der Waals surface area contributed by atoms with Gasteiger partial charge in [-0.15, -0.1) is 0 Å². The normalized spacial score (nSPS) is 10.5. The van der Waals surface area contributed by atoms with Crippen LogP contribution < -0.4 is 5.32 Å². The van der Waals surface area contributed by atoms with E-state index in [2.05, 4.69) is 26.2 Å². The number of nitrogens with one attached hydrogen (secondary N) is 1. The molecule has 0 saturated carbocycles. The summed E-state index contributed by atoms with van der Waals surface area (Å²) < 4.78 is 7.33. The highest BCUT2D eigenvalue weighted by Crippen LogP contribution is 2.17. The van der Waals surface area contributed by atoms with E-state index < -0.39 is 0 Å². The molecule has 3 aromatic rings. The van der Waals surface area contributed by atoms with E-state index in [1.54, 1.807) is 60.4 Å². The van der Waals surface area contributed by atoms with Gasteiger partial charge in [0.05, 0.1) is 0 Å². The number of benzene rings is 1. The van der Waals surface area contributed by atoms with Gasteiger partial charge in [0.15, 0.2) is 16.3 Å². The van der Waals surface area contributed by atoms with E-state index in [0.717, 1.165) is 0 Å². The van der Waals surface area contributed by atoms with Gasteiger partial charge in [0.25, 0.3) is 5.91 Å². The molecule has 0 spiro atoms. The number of anilines is 1. The molecule has 1 N–H and O–H groups in total. The zero-order valence-corrected chi connectivity index (χ0v) is 13.7. The van der Waals surface area contributed by atoms with E-state index in [0.29, 0.717) is 21.7 Å². The molecule has 1 aromatic carbocycles. The first-order valence-corrected chi connectivity index (χ1v) is 7.52. The number of nitrogens with zero attached hydrogens (tertiary/aromatic N) is 2. The van der Waals surface area contributed by atoms with Crippen LogP contribution in [0.3, 0.4) is 0 Å². The highest BCUT2D eigenvalue weighted by Gasteiger charge is 2.14. The Hall–Kier alpha value is -2.67. The number of rotatable bonds is 4. The van der Waals surface area contributed by atoms with Crippen molar-refractivity contribution in [2.45, 2.75) is 0 Å². The number of aryl methyl sites for hydroxylation is 1. The summed E-state index contributed by atoms with van der Waals surface area (Å²) in [5, 5.41) is 2.70. The van der Waals surface area contributed by atoms with E-state index in [1.807, 2.05) is 0 Å². The third-order valence-corrected chi connectivity index (χ3v) is 3.65. The topological polar surface area (TPSA) is 77.1 Å². The maximum Gasteiger partial charge on any atom is 0.291 e. The smallest absolute Gasteiger partial charge is 0.291 e. The van der Waals surface area contributed by atoms with Crippen molar-refractivity contribution < 1.29 is 14.0 Å². The summed E-state index contributed by atoms with van der Waals surface area (Å²) in [5.74, 6) is 0.0245. The van der Waals surface area contributed by atoms with Crippen molar-refractivity contribution in [3.8, 4) is 0 Å². The van der Waals surface area contributed by atoms with Crippen LogP contribution in [-0.2, 0) is 7.05 Å². The standard InChI is InChI=1S/C16H12BrN3O3/c1-20-9-8-18-15(20)14(21)10-2-4-11(5-3-10)19-16(22)12-6-7-13(17)23-12/h2-9H,1H3,(H,19,22). The first kappa shape index (κ1) is 15.2. The number of carbonyl (C=O) groups excluding carboxylic acids is 2. The summed E-state index contributed by atoms with van der Waals surface area (Å²) in [6, 6.07) is 9.81. The Balaban J connectivity index is 1.73. The van der Waals surface area contributed by atoms with Gasteiger partial charge in [0, 0.05) is 30.7 Å². The number of furan rings is 1. The number of imidazole rings is 1. The molecule has 0 aliphatic carbocycles. The maximum absolute atomic E-state index is 12.3. The fraction of sp³-hybridized carbons (Fsp3) is 0.0625. The Morgan fingerprint density at radius 1 is 1.17 bits per heavy atom. The van der Waals surface area contributed by atoms with Gasteiger partial charge in [-0.3, -0.25) is 9.59 Å². The minimum absolute atomic E-state index is 0.176. The maximum atomic E-state index is 12.3. The molecule has 1 amide bonds. The Bertz CT molecular complexity index is 865. The molecule has 0 radical (unpaired) electrons. The number of amides is 1. The lowest BCUT2D eigenvalue weighted by molar-refractivity contribution is 0.0994. The predicted octanol–water partition coefficient (Wildman–Crippen LogP) is 3.26. The molecule has 0 aliphatic heterocycles. The zero-order chi connectivity index (χ0) is 16.4. The Morgan fingerprint density at radius 3 is 2.48 bits per heavy atom. The predicted molar refractivity (Wildman–Crippen MR) is 87.4 cm³/mol. The quantitative estimate of drug-likeness (QED) is 0.712. The molecule has 0 aliphatic rings. The average molecular weight is 374 g/mol. The second-order valence-electron chi connectivity index (χ2n) is 4.83. The third kappa shape index (κ3) is 3.24. The summed E-state index contributed by atoms with van der Waals surface area (Å²) in [7, 11) is 1.76. The van der Waals surface area contributed by atoms with Gasteiger partial charge in [-0.1, -0.05) is 0 Å². The van der Waals surface area contributed by atoms with Crippen LogP contribution in [0.4, 0.5) is 5.69 Å². The van der Waals surface area contributed by atoms with E-state index in [1.165, 1.54) is 0 Å². The molecule has 0 atom stereocenters. The number of aromatic nitrogens is 2. The van der Waals surface area contributed by atoms with Crippen molar-refractivity contribution in [1.29, 1.82) is 0 Å². The van der Waals surface area contributed by atoms with Crippen LogP contribution >= 0.6 is 15.9 Å². The minimum Gasteiger partial charge on any atom is -0.444 e. The molecule has 0 unspecified atom stereocenters. The fourth-order valence-corrected chi connectivity index (χ4v) is 2.35. The SMILES string of the molecule is Cn1ccnc1C(=O)c1ccc(NC(=O)c2ccc(Br)o2)cc1. The van der Waals surface area contributed by atoms with E-state index in [9.17, 15) is 9.59 Å². The van der Waals surface area contributed by atoms with Gasteiger partial charge in [0.2, 0.25) is 5.78 Å². The second-order valence-corrected chi connectivity index (χ2v) is 5.61. The summed E-state index contributed by atoms with van der Waals surface area (Å²) in [6.07, 6.45) is 3.28. The van der Waals surface area contributed by atoms with Crippen LogP contribution in [0.25, 0.3) is 0 Å². The van der Waals surface area contributed by atoms with Crippen molar-refractivity contribution in [1.82, 2.24) is 9.55 Å². The van der Waals surface area contributed by atoms with Crippen LogP contribution in [0.1, 0.15) is 26.7 Å². The fourth-order valence-electron chi connectivity index (χ4n) is 2.05. The number of hydrogen-bond acceptors (Lipinski definition) is 4. The molecule has 0 bridgehead atoms. The summed E-state index contributed by atoms with van der Waals surface area (Å²) in [5.41, 5.74) is 1.07. The molecule has 2 aromatic heterocycles. The summed E-state index contributed by atoms with van der Waals surface area (Å²) >= 11 is 3.14. The summed E-state index contributed by atoms with van der Waals surface area (Å²) in [4.78, 5) is 28.3. The summed E-state index contributed by atoms with van der Waals surface area (Å²) in [6.45, 7) is 0. The van der Waals surface area contributed by atoms with Gasteiger partial charge in [0.1, 0.15) is 0 Å². The largest absolute Gasteiger partial charge is 0.444 e. The van der Waals surface area contributed by atoms with Crippen LogP contribution in [0.15, 0.2) is 57.9 Å². The van der Waals surface area contributed by atoms with Crippen molar-refractivity contribution in [3.63, 3.8) is 0 Å². The van der Waals surface area contributed by atoms with Crippen LogP contribution in [0.5, 0.6) is 0 Å². The number of carbonyl (C=O) groups is 2. The average Bonchev–Trinajstić information content (AvgIpc) is 3.16. The molecule has 3 rings (SSSR count). The number of hydrogen-bond donors (Lipinski definition) is 1. The molecule has 7 heteroatoms. The van der Waals surface area contributed by atoms with E-state index >= 15 is 0 Å². The molecular formula is C16H12BrN3O3. The van der Waals surface area contributed by atoms with Crippen molar-refractivity contribution in [3.05, 3.63) is 70.6 Å². The van der Waals surface area contributed by atoms with Crippen molar-refractivity contribution >= 4 is 33.3 Å². The van der Waals surface area contributed by atoms with Crippen LogP contribution in [0.2, 0.25) is 0 Å². The Labute approximate surface area is 140 Å². The zero-order valence-electron chi connectivity index (χ0n) is 12.1. The van der Waals surface area contributed by atoms with Crippen LogP contribution in [-0.4, -0.2) is 21.2 Å². The van der Waals surface area contributed by atoms with Crippen molar-refractivity contribution in [2.75, 3.05) is 5.32 Å². The Morgan fingerprint density at radius 2 is 1.91 bits per heavy atom. The van der Waals surface area contributed by atoms with Gasteiger partial charge in [-0.2, -0.15) is 0 Å². The van der Waals surface area contributed by atoms with Gasteiger partial charge >= 0.3 is 0 Å². The third-order valence-electron chi connectivity index (χ3n) is 3.23. The lowest BCUT2D eigenvalue weighted by atomic mass is 10.1. The number of ketones is 1. The first-order chi connectivity index (χ1) is 11.0. The van der Waals surface area contributed by atoms with E-state index in [4.69, 9.17) is 4.42 Å². The lowest BCUT2D eigenvalue weighted by Gasteiger charge is -2.05. The van der Waals surface area contributed by atoms with Gasteiger partial charge in [-0.05, 0) is 52.3 Å².